The Bertz CT molecular complexity index is 1210. The molecule has 6 rings (SSSR count). The van der Waals surface area contributed by atoms with Crippen molar-refractivity contribution in [2.24, 2.45) is 17.8 Å². The summed E-state index contributed by atoms with van der Waals surface area (Å²) >= 11 is 0. The molecule has 1 unspecified atom stereocenters. The van der Waals surface area contributed by atoms with Gasteiger partial charge in [0.1, 0.15) is 6.10 Å². The largest absolute Gasteiger partial charge is 0.455 e. The fourth-order valence-electron chi connectivity index (χ4n) is 6.18. The Kier molecular flexibility index (Phi) is 7.25. The topological polar surface area (TPSA) is 42.4 Å². The van der Waals surface area contributed by atoms with E-state index in [0.29, 0.717) is 17.8 Å². The third-order valence-corrected chi connectivity index (χ3v) is 8.21. The molecule has 3 aromatic rings. The number of ether oxygens (including phenoxy) is 1. The first kappa shape index (κ1) is 24.7. The zero-order chi connectivity index (χ0) is 25.2. The molecule has 1 aromatic heterocycles. The predicted octanol–water partition coefficient (Wildman–Crippen LogP) is 6.72. The number of nitrogens with zero attached hydrogens (tertiary/aromatic N) is 2. The molecule has 36 heavy (non-hydrogen) atoms. The van der Waals surface area contributed by atoms with E-state index in [1.165, 1.54) is 12.0 Å². The molecule has 2 bridgehead atoms. The summed E-state index contributed by atoms with van der Waals surface area (Å²) in [4.78, 5) is 20.7. The van der Waals surface area contributed by atoms with Crippen LogP contribution in [-0.4, -0.2) is 35.0 Å². The second kappa shape index (κ2) is 10.6. The lowest BCUT2D eigenvalue weighted by Crippen LogP contribution is -2.55. The van der Waals surface area contributed by atoms with Crippen molar-refractivity contribution in [1.29, 1.82) is 0 Å². The van der Waals surface area contributed by atoms with E-state index in [1.807, 2.05) is 37.4 Å². The summed E-state index contributed by atoms with van der Waals surface area (Å²) in [5, 5.41) is 1.06. The number of hydrogen-bond acceptors (Lipinski definition) is 4. The maximum Gasteiger partial charge on any atom is 0.313 e. The van der Waals surface area contributed by atoms with Gasteiger partial charge in [-0.05, 0) is 73.7 Å². The standard InChI is InChI=1S/C32H38N2O2/c1-5-24-20-34-17-15-26(24)19-30(34)31(28-14-16-33-29-9-7-6-8-27(28)29)36-32(35)22(4)25-12-10-23(11-13-25)18-21(2)3/h5-14,16,21-22,24,26,30-31H,1,15,17-20H2,2-4H3/t22-,24+,26+,30+,31+/m1/s1. The van der Waals surface area contributed by atoms with Gasteiger partial charge in [-0.15, -0.1) is 6.58 Å². The average Bonchev–Trinajstić information content (AvgIpc) is 2.91. The molecule has 3 fully saturated rings. The second-order valence-electron chi connectivity index (χ2n) is 11.1. The van der Waals surface area contributed by atoms with Gasteiger partial charge in [0.05, 0.1) is 17.5 Å². The minimum atomic E-state index is -0.332. The molecule has 4 heterocycles. The van der Waals surface area contributed by atoms with Crippen molar-refractivity contribution >= 4 is 16.9 Å². The molecule has 0 aliphatic carbocycles. The predicted molar refractivity (Wildman–Crippen MR) is 146 cm³/mol. The fourth-order valence-corrected chi connectivity index (χ4v) is 6.18. The Labute approximate surface area is 215 Å². The van der Waals surface area contributed by atoms with Crippen molar-refractivity contribution in [3.63, 3.8) is 0 Å². The van der Waals surface area contributed by atoms with Crippen LogP contribution in [0.5, 0.6) is 0 Å². The van der Waals surface area contributed by atoms with Gasteiger partial charge in [-0.2, -0.15) is 0 Å². The number of aromatic nitrogens is 1. The number of benzene rings is 2. The summed E-state index contributed by atoms with van der Waals surface area (Å²) < 4.78 is 6.48. The molecule has 2 aromatic carbocycles. The summed E-state index contributed by atoms with van der Waals surface area (Å²) in [6.07, 6.45) is 6.87. The molecule has 3 aliphatic rings. The van der Waals surface area contributed by atoms with Crippen LogP contribution in [0.3, 0.4) is 0 Å². The van der Waals surface area contributed by atoms with E-state index in [2.05, 4.69) is 66.7 Å². The van der Waals surface area contributed by atoms with Crippen LogP contribution >= 0.6 is 0 Å². The SMILES string of the molecule is C=C[C@H]1CN2CC[C@H]1C[C@H]2[C@@H](OC(=O)[C@H](C)c1ccc(CC(C)C)cc1)c1ccnc2ccccc12. The first-order valence-corrected chi connectivity index (χ1v) is 13.4. The monoisotopic (exact) mass is 482 g/mol. The number of carbonyl (C=O) groups excluding carboxylic acids is 1. The second-order valence-corrected chi connectivity index (χ2v) is 11.1. The van der Waals surface area contributed by atoms with E-state index in [1.54, 1.807) is 0 Å². The Morgan fingerprint density at radius 3 is 2.61 bits per heavy atom. The average molecular weight is 483 g/mol. The fraction of sp³-hybridized carbons (Fsp3) is 0.438. The summed E-state index contributed by atoms with van der Waals surface area (Å²) in [6.45, 7) is 12.5. The molecular formula is C32H38N2O2. The highest BCUT2D eigenvalue weighted by Crippen LogP contribution is 2.43. The van der Waals surface area contributed by atoms with Crippen LogP contribution in [0.1, 0.15) is 62.3 Å². The van der Waals surface area contributed by atoms with Gasteiger partial charge in [0.25, 0.3) is 0 Å². The van der Waals surface area contributed by atoms with Crippen molar-refractivity contribution in [2.45, 2.75) is 58.1 Å². The number of fused-ring (bicyclic) bond motifs is 4. The number of esters is 1. The minimum absolute atomic E-state index is 0.162. The van der Waals surface area contributed by atoms with E-state index in [-0.39, 0.29) is 24.0 Å². The number of para-hydroxylation sites is 1. The molecule has 3 aliphatic heterocycles. The van der Waals surface area contributed by atoms with Gasteiger partial charge in [-0.25, -0.2) is 0 Å². The Morgan fingerprint density at radius 1 is 1.14 bits per heavy atom. The van der Waals surface area contributed by atoms with E-state index in [0.717, 1.165) is 48.0 Å². The van der Waals surface area contributed by atoms with E-state index in [4.69, 9.17) is 4.74 Å². The first-order chi connectivity index (χ1) is 17.4. The summed E-state index contributed by atoms with van der Waals surface area (Å²) in [5.74, 6) is 1.23. The van der Waals surface area contributed by atoms with Crippen molar-refractivity contribution < 1.29 is 9.53 Å². The number of pyridine rings is 1. The molecule has 0 radical (unpaired) electrons. The van der Waals surface area contributed by atoms with E-state index < -0.39 is 0 Å². The van der Waals surface area contributed by atoms with Gasteiger partial charge in [0, 0.05) is 23.7 Å². The smallest absolute Gasteiger partial charge is 0.313 e. The van der Waals surface area contributed by atoms with Gasteiger partial charge < -0.3 is 4.74 Å². The minimum Gasteiger partial charge on any atom is -0.455 e. The molecule has 188 valence electrons. The Balaban J connectivity index is 1.44. The lowest BCUT2D eigenvalue weighted by Gasteiger charge is -2.51. The summed E-state index contributed by atoms with van der Waals surface area (Å²) in [5.41, 5.74) is 4.30. The van der Waals surface area contributed by atoms with Gasteiger partial charge >= 0.3 is 5.97 Å². The lowest BCUT2D eigenvalue weighted by atomic mass is 9.73. The van der Waals surface area contributed by atoms with Crippen molar-refractivity contribution in [1.82, 2.24) is 9.88 Å². The van der Waals surface area contributed by atoms with Crippen LogP contribution < -0.4 is 0 Å². The van der Waals surface area contributed by atoms with Gasteiger partial charge in [0.2, 0.25) is 0 Å². The highest BCUT2D eigenvalue weighted by molar-refractivity contribution is 5.83. The van der Waals surface area contributed by atoms with E-state index in [9.17, 15) is 4.79 Å². The molecule has 6 atom stereocenters. The molecule has 0 amide bonds. The molecule has 0 spiro atoms. The molecule has 0 N–H and O–H groups in total. The zero-order valence-corrected chi connectivity index (χ0v) is 21.8. The highest BCUT2D eigenvalue weighted by atomic mass is 16.5. The van der Waals surface area contributed by atoms with Crippen molar-refractivity contribution in [3.05, 3.63) is 90.1 Å². The molecule has 0 saturated carbocycles. The van der Waals surface area contributed by atoms with Crippen LogP contribution in [0.2, 0.25) is 0 Å². The highest BCUT2D eigenvalue weighted by Gasteiger charge is 2.44. The molecule has 4 nitrogen and oxygen atoms in total. The number of rotatable bonds is 8. The quantitative estimate of drug-likeness (QED) is 0.264. The van der Waals surface area contributed by atoms with Gasteiger partial charge in [-0.1, -0.05) is 62.4 Å². The zero-order valence-electron chi connectivity index (χ0n) is 21.8. The van der Waals surface area contributed by atoms with Crippen LogP contribution in [0.15, 0.2) is 73.4 Å². The van der Waals surface area contributed by atoms with Crippen LogP contribution in [-0.2, 0) is 16.0 Å². The molecule has 4 heteroatoms. The van der Waals surface area contributed by atoms with Gasteiger partial charge in [0.15, 0.2) is 0 Å². The van der Waals surface area contributed by atoms with Crippen LogP contribution in [0, 0.1) is 17.8 Å². The van der Waals surface area contributed by atoms with Crippen molar-refractivity contribution in [2.75, 3.05) is 13.1 Å². The molecule has 3 saturated heterocycles. The molecular weight excluding hydrogens is 444 g/mol. The lowest BCUT2D eigenvalue weighted by molar-refractivity contribution is -0.158. The van der Waals surface area contributed by atoms with Crippen LogP contribution in [0.4, 0.5) is 0 Å². The Morgan fingerprint density at radius 2 is 1.92 bits per heavy atom. The number of carbonyl (C=O) groups is 1. The maximum absolute atomic E-state index is 13.6. The third kappa shape index (κ3) is 4.97. The first-order valence-electron chi connectivity index (χ1n) is 13.4. The normalized spacial score (nSPS) is 25.0. The number of hydrogen-bond donors (Lipinski definition) is 0. The maximum atomic E-state index is 13.6. The third-order valence-electron chi connectivity index (χ3n) is 8.21. The summed E-state index contributed by atoms with van der Waals surface area (Å²) in [7, 11) is 0. The van der Waals surface area contributed by atoms with Crippen LogP contribution in [0.25, 0.3) is 10.9 Å². The van der Waals surface area contributed by atoms with Crippen molar-refractivity contribution in [3.8, 4) is 0 Å². The van der Waals surface area contributed by atoms with Gasteiger partial charge in [-0.3, -0.25) is 14.7 Å². The Hall–Kier alpha value is -2.98. The van der Waals surface area contributed by atoms with E-state index >= 15 is 0 Å². The summed E-state index contributed by atoms with van der Waals surface area (Å²) in [6, 6.07) is 18.8. The number of piperidine rings is 3.